The maximum Gasteiger partial charge on any atom is 0.224 e. The van der Waals surface area contributed by atoms with Crippen molar-refractivity contribution in [1.29, 1.82) is 0 Å². The summed E-state index contributed by atoms with van der Waals surface area (Å²) in [7, 11) is 0. The summed E-state index contributed by atoms with van der Waals surface area (Å²) in [6.07, 6.45) is 1.62. The molecule has 0 aliphatic carbocycles. The van der Waals surface area contributed by atoms with Crippen molar-refractivity contribution >= 4 is 28.3 Å². The number of carbonyl (C=O) groups is 1. The van der Waals surface area contributed by atoms with E-state index in [2.05, 4.69) is 68.6 Å². The predicted octanol–water partition coefficient (Wildman–Crippen LogP) is 3.37. The quantitative estimate of drug-likeness (QED) is 0.718. The molecule has 0 radical (unpaired) electrons. The van der Waals surface area contributed by atoms with E-state index in [1.54, 1.807) is 0 Å². The first-order valence-corrected chi connectivity index (χ1v) is 10.5. The largest absolute Gasteiger partial charge is 0.352 e. The maximum absolute atomic E-state index is 11.7. The maximum atomic E-state index is 11.7. The number of benzene rings is 2. The molecule has 1 saturated heterocycles. The minimum Gasteiger partial charge on any atom is -0.352 e. The fourth-order valence-electron chi connectivity index (χ4n) is 4.54. The van der Waals surface area contributed by atoms with Gasteiger partial charge in [-0.3, -0.25) is 14.8 Å². The van der Waals surface area contributed by atoms with Crippen molar-refractivity contribution in [3.8, 4) is 0 Å². The van der Waals surface area contributed by atoms with E-state index in [-0.39, 0.29) is 5.91 Å². The Bertz CT molecular complexity index is 1030. The van der Waals surface area contributed by atoms with Crippen molar-refractivity contribution in [2.45, 2.75) is 25.7 Å². The summed E-state index contributed by atoms with van der Waals surface area (Å²) >= 11 is 0. The molecule has 2 aliphatic heterocycles. The summed E-state index contributed by atoms with van der Waals surface area (Å²) in [5, 5.41) is 11.9. The summed E-state index contributed by atoms with van der Waals surface area (Å²) in [6, 6.07) is 14.8. The van der Waals surface area contributed by atoms with Gasteiger partial charge in [0.05, 0.1) is 5.52 Å². The van der Waals surface area contributed by atoms with Gasteiger partial charge in [0.2, 0.25) is 5.91 Å². The molecule has 29 heavy (non-hydrogen) atoms. The van der Waals surface area contributed by atoms with Gasteiger partial charge < -0.3 is 10.2 Å². The zero-order chi connectivity index (χ0) is 19.8. The SMILES string of the molecule is CC1CC(=O)Nc2ccc(CCN3CCN(c4n[nH]c5ccccc45)CC3)cc21. The minimum absolute atomic E-state index is 0.125. The standard InChI is InChI=1S/C23H27N5O/c1-16-14-22(29)24-20-7-6-17(15-19(16)20)8-9-27-10-12-28(13-11-27)23-18-4-2-3-5-21(18)25-26-23/h2-7,15-16H,8-14H2,1H3,(H,24,29)(H,25,26). The van der Waals surface area contributed by atoms with Crippen LogP contribution in [0.5, 0.6) is 0 Å². The highest BCUT2D eigenvalue weighted by atomic mass is 16.1. The van der Waals surface area contributed by atoms with Crippen LogP contribution in [0.1, 0.15) is 30.4 Å². The van der Waals surface area contributed by atoms with Crippen LogP contribution in [-0.4, -0.2) is 53.7 Å². The Kier molecular flexibility index (Phi) is 4.72. The Labute approximate surface area is 170 Å². The van der Waals surface area contributed by atoms with E-state index in [4.69, 9.17) is 0 Å². The molecule has 0 spiro atoms. The second kappa shape index (κ2) is 7.52. The number of carbonyl (C=O) groups excluding carboxylic acids is 1. The fraction of sp³-hybridized carbons (Fsp3) is 0.391. The van der Waals surface area contributed by atoms with Crippen LogP contribution in [0.15, 0.2) is 42.5 Å². The number of H-pyrrole nitrogens is 1. The monoisotopic (exact) mass is 389 g/mol. The smallest absolute Gasteiger partial charge is 0.224 e. The van der Waals surface area contributed by atoms with Gasteiger partial charge in [-0.05, 0) is 41.7 Å². The molecule has 2 N–H and O–H groups in total. The number of para-hydroxylation sites is 1. The van der Waals surface area contributed by atoms with E-state index in [0.717, 1.165) is 56.2 Å². The molecule has 6 heteroatoms. The number of aromatic nitrogens is 2. The van der Waals surface area contributed by atoms with Crippen LogP contribution in [0.4, 0.5) is 11.5 Å². The molecule has 3 heterocycles. The van der Waals surface area contributed by atoms with Gasteiger partial charge in [-0.1, -0.05) is 31.2 Å². The Balaban J connectivity index is 1.19. The molecule has 1 atom stereocenters. The summed E-state index contributed by atoms with van der Waals surface area (Å²) in [6.45, 7) is 7.31. The Hall–Kier alpha value is -2.86. The minimum atomic E-state index is 0.125. The molecule has 150 valence electrons. The second-order valence-corrected chi connectivity index (χ2v) is 8.25. The topological polar surface area (TPSA) is 64.3 Å². The van der Waals surface area contributed by atoms with Gasteiger partial charge in [0.1, 0.15) is 0 Å². The Morgan fingerprint density at radius 3 is 2.79 bits per heavy atom. The molecular weight excluding hydrogens is 362 g/mol. The first-order valence-electron chi connectivity index (χ1n) is 10.5. The van der Waals surface area contributed by atoms with Gasteiger partial charge in [-0.25, -0.2) is 0 Å². The van der Waals surface area contributed by atoms with Crippen LogP contribution in [0.3, 0.4) is 0 Å². The number of aromatic amines is 1. The summed E-state index contributed by atoms with van der Waals surface area (Å²) in [4.78, 5) is 16.6. The van der Waals surface area contributed by atoms with Gasteiger partial charge in [0, 0.05) is 50.2 Å². The van der Waals surface area contributed by atoms with E-state index in [9.17, 15) is 4.79 Å². The predicted molar refractivity (Wildman–Crippen MR) is 117 cm³/mol. The van der Waals surface area contributed by atoms with Gasteiger partial charge in [-0.2, -0.15) is 5.10 Å². The van der Waals surface area contributed by atoms with Crippen LogP contribution in [0.2, 0.25) is 0 Å². The molecule has 2 aromatic carbocycles. The Morgan fingerprint density at radius 1 is 1.10 bits per heavy atom. The number of rotatable bonds is 4. The number of nitrogens with zero attached hydrogens (tertiary/aromatic N) is 3. The Morgan fingerprint density at radius 2 is 1.93 bits per heavy atom. The van der Waals surface area contributed by atoms with Crippen molar-refractivity contribution in [3.05, 3.63) is 53.6 Å². The fourth-order valence-corrected chi connectivity index (χ4v) is 4.54. The van der Waals surface area contributed by atoms with Crippen LogP contribution in [0.25, 0.3) is 10.9 Å². The first-order chi connectivity index (χ1) is 14.2. The lowest BCUT2D eigenvalue weighted by Gasteiger charge is -2.35. The van der Waals surface area contributed by atoms with Crippen LogP contribution < -0.4 is 10.2 Å². The highest BCUT2D eigenvalue weighted by molar-refractivity contribution is 5.94. The molecule has 5 rings (SSSR count). The number of nitrogens with one attached hydrogen (secondary N) is 2. The molecule has 1 unspecified atom stereocenters. The molecular formula is C23H27N5O. The third kappa shape index (κ3) is 3.60. The molecule has 0 bridgehead atoms. The zero-order valence-corrected chi connectivity index (χ0v) is 16.8. The summed E-state index contributed by atoms with van der Waals surface area (Å²) in [5.41, 5.74) is 4.71. The number of hydrogen-bond acceptors (Lipinski definition) is 4. The van der Waals surface area contributed by atoms with E-state index in [1.165, 1.54) is 16.5 Å². The van der Waals surface area contributed by atoms with Crippen molar-refractivity contribution in [3.63, 3.8) is 0 Å². The normalized spacial score (nSPS) is 20.0. The number of anilines is 2. The van der Waals surface area contributed by atoms with E-state index in [0.29, 0.717) is 12.3 Å². The average molecular weight is 390 g/mol. The second-order valence-electron chi connectivity index (χ2n) is 8.25. The molecule has 2 aliphatic rings. The lowest BCUT2D eigenvalue weighted by atomic mass is 9.90. The number of fused-ring (bicyclic) bond motifs is 2. The average Bonchev–Trinajstić information content (AvgIpc) is 3.17. The van der Waals surface area contributed by atoms with Crippen LogP contribution in [0, 0.1) is 0 Å². The van der Waals surface area contributed by atoms with Crippen LogP contribution >= 0.6 is 0 Å². The van der Waals surface area contributed by atoms with Gasteiger partial charge >= 0.3 is 0 Å². The van der Waals surface area contributed by atoms with E-state index < -0.39 is 0 Å². The van der Waals surface area contributed by atoms with Gasteiger partial charge in [0.15, 0.2) is 5.82 Å². The van der Waals surface area contributed by atoms with E-state index >= 15 is 0 Å². The highest BCUT2D eigenvalue weighted by Gasteiger charge is 2.23. The molecule has 6 nitrogen and oxygen atoms in total. The number of hydrogen-bond donors (Lipinski definition) is 2. The molecule has 1 amide bonds. The molecule has 3 aromatic rings. The molecule has 0 saturated carbocycles. The third-order valence-electron chi connectivity index (χ3n) is 6.25. The summed E-state index contributed by atoms with van der Waals surface area (Å²) in [5.74, 6) is 1.50. The van der Waals surface area contributed by atoms with Crippen molar-refractivity contribution in [2.24, 2.45) is 0 Å². The van der Waals surface area contributed by atoms with Crippen molar-refractivity contribution in [1.82, 2.24) is 15.1 Å². The number of amides is 1. The molecule has 1 fully saturated rings. The number of piperazine rings is 1. The van der Waals surface area contributed by atoms with Gasteiger partial charge in [-0.15, -0.1) is 0 Å². The summed E-state index contributed by atoms with van der Waals surface area (Å²) < 4.78 is 0. The highest BCUT2D eigenvalue weighted by Crippen LogP contribution is 2.32. The van der Waals surface area contributed by atoms with Crippen molar-refractivity contribution < 1.29 is 4.79 Å². The van der Waals surface area contributed by atoms with Gasteiger partial charge in [0.25, 0.3) is 0 Å². The molecule has 1 aromatic heterocycles. The first kappa shape index (κ1) is 18.2. The zero-order valence-electron chi connectivity index (χ0n) is 16.8. The lowest BCUT2D eigenvalue weighted by Crippen LogP contribution is -2.47. The van der Waals surface area contributed by atoms with Crippen molar-refractivity contribution in [2.75, 3.05) is 42.9 Å². The van der Waals surface area contributed by atoms with E-state index in [1.807, 2.05) is 6.07 Å². The lowest BCUT2D eigenvalue weighted by molar-refractivity contribution is -0.116. The third-order valence-corrected chi connectivity index (χ3v) is 6.25. The van der Waals surface area contributed by atoms with Crippen LogP contribution in [-0.2, 0) is 11.2 Å².